The summed E-state index contributed by atoms with van der Waals surface area (Å²) in [5.41, 5.74) is 6.42. The highest BCUT2D eigenvalue weighted by Gasteiger charge is 2.14. The summed E-state index contributed by atoms with van der Waals surface area (Å²) < 4.78 is 7.63. The van der Waals surface area contributed by atoms with Gasteiger partial charge >= 0.3 is 0 Å². The van der Waals surface area contributed by atoms with E-state index in [1.54, 1.807) is 0 Å². The van der Waals surface area contributed by atoms with E-state index in [1.165, 1.54) is 0 Å². The van der Waals surface area contributed by atoms with Crippen LogP contribution in [0, 0.1) is 5.92 Å². The van der Waals surface area contributed by atoms with Crippen LogP contribution in [0.15, 0.2) is 30.5 Å². The van der Waals surface area contributed by atoms with Gasteiger partial charge in [0.2, 0.25) is 0 Å². The van der Waals surface area contributed by atoms with Crippen LogP contribution in [0.1, 0.15) is 26.6 Å². The molecule has 2 heterocycles. The van der Waals surface area contributed by atoms with Gasteiger partial charge in [0.15, 0.2) is 5.82 Å². The van der Waals surface area contributed by atoms with E-state index in [2.05, 4.69) is 35.0 Å². The zero-order chi connectivity index (χ0) is 15.5. The Hall–Kier alpha value is -2.14. The molecule has 0 radical (unpaired) electrons. The lowest BCUT2D eigenvalue weighted by molar-refractivity contribution is 0.127. The van der Waals surface area contributed by atoms with E-state index in [0.717, 1.165) is 34.3 Å². The van der Waals surface area contributed by atoms with Gasteiger partial charge in [-0.3, -0.25) is 4.98 Å². The normalized spacial score (nSPS) is 11.6. The summed E-state index contributed by atoms with van der Waals surface area (Å²) in [6, 6.07) is 8.15. The fraction of sp³-hybridized carbons (Fsp3) is 0.412. The molecule has 5 nitrogen and oxygen atoms in total. The van der Waals surface area contributed by atoms with E-state index in [1.807, 2.05) is 31.3 Å². The fourth-order valence-electron chi connectivity index (χ4n) is 2.49. The minimum absolute atomic E-state index is 0.491. The first-order chi connectivity index (χ1) is 10.7. The first-order valence-electron chi connectivity index (χ1n) is 7.77. The van der Waals surface area contributed by atoms with E-state index in [4.69, 9.17) is 9.72 Å². The number of imidazole rings is 1. The van der Waals surface area contributed by atoms with Crippen LogP contribution in [0.4, 0.5) is 0 Å². The van der Waals surface area contributed by atoms with Crippen molar-refractivity contribution in [2.75, 3.05) is 18.6 Å². The Morgan fingerprint density at radius 3 is 2.82 bits per heavy atom. The zero-order valence-corrected chi connectivity index (χ0v) is 13.3. The van der Waals surface area contributed by atoms with Crippen molar-refractivity contribution in [3.8, 4) is 0 Å². The lowest BCUT2D eigenvalue weighted by Gasteiger charge is -2.14. The number of benzene rings is 1. The molecule has 0 amide bonds. The number of para-hydroxylation sites is 1. The lowest BCUT2D eigenvalue weighted by atomic mass is 10.2. The molecule has 116 valence electrons. The Morgan fingerprint density at radius 1 is 1.23 bits per heavy atom. The summed E-state index contributed by atoms with van der Waals surface area (Å²) in [4.78, 5) is 9.19. The summed E-state index contributed by atoms with van der Waals surface area (Å²) in [6.45, 7) is 8.41. The van der Waals surface area contributed by atoms with Gasteiger partial charge in [-0.1, -0.05) is 32.0 Å². The molecule has 0 fully saturated rings. The molecule has 22 heavy (non-hydrogen) atoms. The van der Waals surface area contributed by atoms with Gasteiger partial charge in [-0.05, 0) is 18.9 Å². The fourth-order valence-corrected chi connectivity index (χ4v) is 2.49. The number of hydrogen-bond acceptors (Lipinski definition) is 4. The molecule has 0 aliphatic rings. The van der Waals surface area contributed by atoms with Crippen molar-refractivity contribution >= 4 is 21.9 Å². The molecule has 0 saturated heterocycles. The van der Waals surface area contributed by atoms with Gasteiger partial charge < -0.3 is 10.2 Å². The Labute approximate surface area is 130 Å². The number of nitrogens with one attached hydrogen (secondary N) is 1. The highest BCUT2D eigenvalue weighted by atomic mass is 16.5. The maximum atomic E-state index is 5.56. The molecule has 3 aromatic rings. The van der Waals surface area contributed by atoms with Gasteiger partial charge in [-0.2, -0.15) is 0 Å². The van der Waals surface area contributed by atoms with Gasteiger partial charge in [-0.15, -0.1) is 0 Å². The quantitative estimate of drug-likeness (QED) is 0.758. The maximum absolute atomic E-state index is 5.56. The number of ether oxygens (including phenoxy) is 1. The van der Waals surface area contributed by atoms with E-state index >= 15 is 0 Å². The number of nitrogens with zero attached hydrogens (tertiary/aromatic N) is 3. The molecule has 3 rings (SSSR count). The first kappa shape index (κ1) is 14.8. The van der Waals surface area contributed by atoms with E-state index < -0.39 is 0 Å². The second kappa shape index (κ2) is 6.32. The number of aromatic nitrogens is 3. The third kappa shape index (κ3) is 2.76. The van der Waals surface area contributed by atoms with Gasteiger partial charge in [-0.25, -0.2) is 9.66 Å². The number of rotatable bonds is 6. The molecule has 1 N–H and O–H groups in total. The van der Waals surface area contributed by atoms with Crippen LogP contribution < -0.4 is 5.43 Å². The maximum Gasteiger partial charge on any atom is 0.154 e. The Bertz CT molecular complexity index is 779. The topological polar surface area (TPSA) is 52.0 Å². The molecule has 0 unspecified atom stereocenters. The molecular weight excluding hydrogens is 276 g/mol. The average Bonchev–Trinajstić information content (AvgIpc) is 2.88. The minimum atomic E-state index is 0.491. The summed E-state index contributed by atoms with van der Waals surface area (Å²) in [7, 11) is 0. The highest BCUT2D eigenvalue weighted by Crippen LogP contribution is 2.24. The minimum Gasteiger partial charge on any atom is -0.374 e. The van der Waals surface area contributed by atoms with E-state index in [-0.39, 0.29) is 0 Å². The van der Waals surface area contributed by atoms with Crippen LogP contribution in [0.5, 0.6) is 0 Å². The summed E-state index contributed by atoms with van der Waals surface area (Å²) in [5.74, 6) is 1.43. The van der Waals surface area contributed by atoms with Crippen LogP contribution >= 0.6 is 0 Å². The summed E-state index contributed by atoms with van der Waals surface area (Å²) >= 11 is 0. The Kier molecular flexibility index (Phi) is 4.24. The predicted octanol–water partition coefficient (Wildman–Crippen LogP) is 3.32. The third-order valence-electron chi connectivity index (χ3n) is 3.55. The van der Waals surface area contributed by atoms with Crippen molar-refractivity contribution in [2.45, 2.75) is 27.4 Å². The molecule has 0 aliphatic heterocycles. The lowest BCUT2D eigenvalue weighted by Crippen LogP contribution is -2.22. The molecule has 2 aromatic heterocycles. The number of fused-ring (bicyclic) bond motifs is 3. The predicted molar refractivity (Wildman–Crippen MR) is 89.4 cm³/mol. The molecular formula is C17H22N4O. The number of pyridine rings is 1. The van der Waals surface area contributed by atoms with Crippen LogP contribution in [-0.4, -0.2) is 27.8 Å². The first-order valence-corrected chi connectivity index (χ1v) is 7.77. The largest absolute Gasteiger partial charge is 0.374 e. The molecule has 5 heteroatoms. The van der Waals surface area contributed by atoms with Crippen molar-refractivity contribution in [1.82, 2.24) is 14.6 Å². The van der Waals surface area contributed by atoms with Gasteiger partial charge in [0.05, 0.1) is 11.7 Å². The van der Waals surface area contributed by atoms with Crippen LogP contribution in [0.3, 0.4) is 0 Å². The standard InChI is InChI=1S/C17H22N4O/c1-4-22-11-16-20-15-10-18-14-8-6-5-7-13(14)17(15)21(16)19-9-12(2)3/h5-8,10,12,19H,4,9,11H2,1-3H3. The SMILES string of the molecule is CCOCc1nc2cnc3ccccc3c2n1NCC(C)C. The Balaban J connectivity index is 2.17. The average molecular weight is 298 g/mol. The van der Waals surface area contributed by atoms with E-state index in [0.29, 0.717) is 19.1 Å². The van der Waals surface area contributed by atoms with Gasteiger partial charge in [0, 0.05) is 18.5 Å². The Morgan fingerprint density at radius 2 is 2.05 bits per heavy atom. The highest BCUT2D eigenvalue weighted by molar-refractivity contribution is 6.02. The second-order valence-corrected chi connectivity index (χ2v) is 5.77. The van der Waals surface area contributed by atoms with Gasteiger partial charge in [0.1, 0.15) is 17.6 Å². The van der Waals surface area contributed by atoms with Crippen molar-refractivity contribution in [3.05, 3.63) is 36.3 Å². The molecule has 0 aliphatic carbocycles. The van der Waals surface area contributed by atoms with Crippen LogP contribution in [0.2, 0.25) is 0 Å². The van der Waals surface area contributed by atoms with Crippen LogP contribution in [-0.2, 0) is 11.3 Å². The molecule has 0 saturated carbocycles. The monoisotopic (exact) mass is 298 g/mol. The second-order valence-electron chi connectivity index (χ2n) is 5.77. The van der Waals surface area contributed by atoms with Crippen molar-refractivity contribution in [1.29, 1.82) is 0 Å². The summed E-state index contributed by atoms with van der Waals surface area (Å²) in [5, 5.41) is 1.10. The number of hydrogen-bond donors (Lipinski definition) is 1. The van der Waals surface area contributed by atoms with E-state index in [9.17, 15) is 0 Å². The third-order valence-corrected chi connectivity index (χ3v) is 3.55. The van der Waals surface area contributed by atoms with Crippen molar-refractivity contribution in [2.24, 2.45) is 5.92 Å². The molecule has 0 bridgehead atoms. The smallest absolute Gasteiger partial charge is 0.154 e. The zero-order valence-electron chi connectivity index (χ0n) is 13.3. The van der Waals surface area contributed by atoms with Gasteiger partial charge in [0.25, 0.3) is 0 Å². The summed E-state index contributed by atoms with van der Waals surface area (Å²) in [6.07, 6.45) is 1.83. The van der Waals surface area contributed by atoms with Crippen molar-refractivity contribution < 1.29 is 4.74 Å². The molecule has 0 spiro atoms. The van der Waals surface area contributed by atoms with Crippen molar-refractivity contribution in [3.63, 3.8) is 0 Å². The van der Waals surface area contributed by atoms with Crippen LogP contribution in [0.25, 0.3) is 21.9 Å². The molecule has 0 atom stereocenters. The molecule has 1 aromatic carbocycles.